The van der Waals surface area contributed by atoms with Crippen molar-refractivity contribution in [3.05, 3.63) is 65.2 Å². The van der Waals surface area contributed by atoms with E-state index in [0.29, 0.717) is 23.4 Å². The molecule has 8 nitrogen and oxygen atoms in total. The number of para-hydroxylation sites is 1. The zero-order chi connectivity index (χ0) is 24.8. The van der Waals surface area contributed by atoms with Gasteiger partial charge in [0.05, 0.1) is 24.3 Å². The van der Waals surface area contributed by atoms with Gasteiger partial charge in [-0.05, 0) is 42.9 Å². The zero-order valence-corrected chi connectivity index (χ0v) is 19.9. The van der Waals surface area contributed by atoms with Gasteiger partial charge >= 0.3 is 5.97 Å². The van der Waals surface area contributed by atoms with Crippen LogP contribution in [0, 0.1) is 0 Å². The number of nitrogens with zero attached hydrogens (tertiary/aromatic N) is 2. The van der Waals surface area contributed by atoms with Gasteiger partial charge < -0.3 is 24.4 Å². The lowest BCUT2D eigenvalue weighted by Crippen LogP contribution is -2.38. The Morgan fingerprint density at radius 2 is 1.79 bits per heavy atom. The summed E-state index contributed by atoms with van der Waals surface area (Å²) in [5.41, 5.74) is 0.829. The first-order valence-corrected chi connectivity index (χ1v) is 11.2. The van der Waals surface area contributed by atoms with Crippen LogP contribution in [0.3, 0.4) is 0 Å². The number of rotatable bonds is 9. The van der Waals surface area contributed by atoms with Gasteiger partial charge in [0, 0.05) is 20.0 Å². The van der Waals surface area contributed by atoms with Crippen LogP contribution in [-0.2, 0) is 14.4 Å². The van der Waals surface area contributed by atoms with E-state index in [1.165, 1.54) is 18.9 Å². The Morgan fingerprint density at radius 1 is 1.09 bits per heavy atom. The van der Waals surface area contributed by atoms with Crippen LogP contribution >= 0.6 is 0 Å². The van der Waals surface area contributed by atoms with Crippen molar-refractivity contribution in [1.82, 2.24) is 9.80 Å². The van der Waals surface area contributed by atoms with Crippen molar-refractivity contribution in [2.45, 2.75) is 26.8 Å². The van der Waals surface area contributed by atoms with E-state index in [1.807, 2.05) is 13.8 Å². The molecule has 1 saturated heterocycles. The second-order valence-electron chi connectivity index (χ2n) is 7.89. The van der Waals surface area contributed by atoms with Crippen LogP contribution in [0.2, 0.25) is 0 Å². The Kier molecular flexibility index (Phi) is 8.07. The monoisotopic (exact) mass is 466 g/mol. The lowest BCUT2D eigenvalue weighted by atomic mass is 9.95. The number of hydrogen-bond donors (Lipinski definition) is 1. The predicted molar refractivity (Wildman–Crippen MR) is 128 cm³/mol. The van der Waals surface area contributed by atoms with Gasteiger partial charge in [0.25, 0.3) is 11.7 Å². The highest BCUT2D eigenvalue weighted by Crippen LogP contribution is 2.41. The van der Waals surface area contributed by atoms with Gasteiger partial charge in [0.15, 0.2) is 0 Å². The highest BCUT2D eigenvalue weighted by Gasteiger charge is 2.46. The number of methoxy groups -OCH3 is 1. The van der Waals surface area contributed by atoms with Crippen LogP contribution in [0.5, 0.6) is 11.5 Å². The molecular weight excluding hydrogens is 436 g/mol. The molecule has 1 fully saturated rings. The predicted octanol–water partition coefficient (Wildman–Crippen LogP) is 3.38. The number of likely N-dealkylation sites (N-methyl/N-ethyl adjacent to an activating group) is 1. The van der Waals surface area contributed by atoms with Crippen molar-refractivity contribution in [1.29, 1.82) is 0 Å². The number of Topliss-reactive ketones (excluding diaryl/α,β-unsaturated/α-hetero) is 1. The van der Waals surface area contributed by atoms with Crippen LogP contribution in [0.15, 0.2) is 54.1 Å². The number of esters is 1. The average molecular weight is 467 g/mol. The summed E-state index contributed by atoms with van der Waals surface area (Å²) in [5.74, 6) is -1.60. The SMILES string of the molecule is CCN(CC)CCN1C(=O)C(=O)/C(=C(\O)c2ccccc2OC)C1c1cccc(OC(C)=O)c1. The van der Waals surface area contributed by atoms with E-state index in [9.17, 15) is 19.5 Å². The van der Waals surface area contributed by atoms with Crippen molar-refractivity contribution in [3.8, 4) is 11.5 Å². The Hall–Kier alpha value is -3.65. The van der Waals surface area contributed by atoms with Crippen molar-refractivity contribution in [2.75, 3.05) is 33.3 Å². The molecule has 0 bridgehead atoms. The number of likely N-dealkylation sites (tertiary alicyclic amines) is 1. The lowest BCUT2D eigenvalue weighted by molar-refractivity contribution is -0.140. The zero-order valence-electron chi connectivity index (χ0n) is 19.9. The van der Waals surface area contributed by atoms with Crippen molar-refractivity contribution >= 4 is 23.4 Å². The Balaban J connectivity index is 2.16. The molecule has 1 heterocycles. The number of aliphatic hydroxyl groups is 1. The molecule has 2 aromatic rings. The van der Waals surface area contributed by atoms with Crippen LogP contribution in [0.4, 0.5) is 0 Å². The average Bonchev–Trinajstić information content (AvgIpc) is 3.09. The van der Waals surface area contributed by atoms with E-state index < -0.39 is 23.7 Å². The summed E-state index contributed by atoms with van der Waals surface area (Å²) in [4.78, 5) is 41.4. The molecule has 0 aliphatic carbocycles. The third-order valence-corrected chi connectivity index (χ3v) is 5.89. The molecule has 8 heteroatoms. The largest absolute Gasteiger partial charge is 0.507 e. The number of carbonyl (C=O) groups excluding carboxylic acids is 3. The van der Waals surface area contributed by atoms with Gasteiger partial charge in [-0.1, -0.05) is 38.1 Å². The summed E-state index contributed by atoms with van der Waals surface area (Å²) in [6.07, 6.45) is 0. The fourth-order valence-electron chi connectivity index (χ4n) is 4.15. The molecule has 1 aliphatic heterocycles. The topological polar surface area (TPSA) is 96.4 Å². The first-order valence-electron chi connectivity index (χ1n) is 11.2. The molecule has 0 aromatic heterocycles. The van der Waals surface area contributed by atoms with Gasteiger partial charge in [-0.2, -0.15) is 0 Å². The highest BCUT2D eigenvalue weighted by atomic mass is 16.5. The molecule has 1 N–H and O–H groups in total. The smallest absolute Gasteiger partial charge is 0.308 e. The number of benzene rings is 2. The molecule has 3 rings (SSSR count). The maximum Gasteiger partial charge on any atom is 0.308 e. The maximum absolute atomic E-state index is 13.2. The second kappa shape index (κ2) is 11.0. The number of carbonyl (C=O) groups is 3. The minimum Gasteiger partial charge on any atom is -0.507 e. The minimum atomic E-state index is -0.851. The van der Waals surface area contributed by atoms with Crippen LogP contribution in [0.25, 0.3) is 5.76 Å². The van der Waals surface area contributed by atoms with E-state index in [0.717, 1.165) is 13.1 Å². The number of ether oxygens (including phenoxy) is 2. The second-order valence-corrected chi connectivity index (χ2v) is 7.89. The van der Waals surface area contributed by atoms with E-state index >= 15 is 0 Å². The molecular formula is C26H30N2O6. The summed E-state index contributed by atoms with van der Waals surface area (Å²) in [5, 5.41) is 11.3. The summed E-state index contributed by atoms with van der Waals surface area (Å²) >= 11 is 0. The van der Waals surface area contributed by atoms with E-state index in [4.69, 9.17) is 9.47 Å². The normalized spacial score (nSPS) is 17.3. The molecule has 0 saturated carbocycles. The fourth-order valence-corrected chi connectivity index (χ4v) is 4.15. The van der Waals surface area contributed by atoms with Gasteiger partial charge in [0.2, 0.25) is 0 Å². The van der Waals surface area contributed by atoms with E-state index in [2.05, 4.69) is 4.90 Å². The number of amides is 1. The highest BCUT2D eigenvalue weighted by molar-refractivity contribution is 6.46. The molecule has 1 unspecified atom stereocenters. The standard InChI is InChI=1S/C26H30N2O6/c1-5-27(6-2)14-15-28-23(18-10-9-11-19(16-18)34-17(3)29)22(25(31)26(28)32)24(30)20-12-7-8-13-21(20)33-4/h7-13,16,23,30H,5-6,14-15H2,1-4H3/b24-22-. The van der Waals surface area contributed by atoms with Crippen molar-refractivity contribution in [2.24, 2.45) is 0 Å². The first-order chi connectivity index (χ1) is 16.3. The van der Waals surface area contributed by atoms with Gasteiger partial charge in [-0.3, -0.25) is 14.4 Å². The number of ketones is 1. The fraction of sp³-hybridized carbons (Fsp3) is 0.346. The summed E-state index contributed by atoms with van der Waals surface area (Å²) in [6, 6.07) is 12.6. The Morgan fingerprint density at radius 3 is 2.44 bits per heavy atom. The van der Waals surface area contributed by atoms with Gasteiger partial charge in [-0.15, -0.1) is 0 Å². The Bertz CT molecular complexity index is 1110. The molecule has 180 valence electrons. The molecule has 1 aliphatic rings. The maximum atomic E-state index is 13.2. The molecule has 1 atom stereocenters. The molecule has 2 aromatic carbocycles. The summed E-state index contributed by atoms with van der Waals surface area (Å²) in [6.45, 7) is 7.80. The lowest BCUT2D eigenvalue weighted by Gasteiger charge is -2.28. The van der Waals surface area contributed by atoms with Gasteiger partial charge in [-0.25, -0.2) is 0 Å². The first kappa shape index (κ1) is 25.0. The molecule has 34 heavy (non-hydrogen) atoms. The van der Waals surface area contributed by atoms with Crippen LogP contribution in [-0.4, -0.2) is 65.9 Å². The summed E-state index contributed by atoms with van der Waals surface area (Å²) in [7, 11) is 1.47. The van der Waals surface area contributed by atoms with Crippen LogP contribution in [0.1, 0.15) is 37.9 Å². The molecule has 1 amide bonds. The minimum absolute atomic E-state index is 0.0333. The Labute approximate surface area is 199 Å². The van der Waals surface area contributed by atoms with Crippen molar-refractivity contribution in [3.63, 3.8) is 0 Å². The number of aliphatic hydroxyl groups excluding tert-OH is 1. The van der Waals surface area contributed by atoms with Crippen molar-refractivity contribution < 1.29 is 29.0 Å². The molecule has 0 radical (unpaired) electrons. The third-order valence-electron chi connectivity index (χ3n) is 5.89. The van der Waals surface area contributed by atoms with E-state index in [1.54, 1.807) is 48.5 Å². The number of hydrogen-bond acceptors (Lipinski definition) is 7. The van der Waals surface area contributed by atoms with Crippen LogP contribution < -0.4 is 9.47 Å². The van der Waals surface area contributed by atoms with E-state index in [-0.39, 0.29) is 23.6 Å². The van der Waals surface area contributed by atoms with Gasteiger partial charge in [0.1, 0.15) is 17.3 Å². The molecule has 0 spiro atoms. The quantitative estimate of drug-likeness (QED) is 0.199. The summed E-state index contributed by atoms with van der Waals surface area (Å²) < 4.78 is 10.6. The third kappa shape index (κ3) is 5.12.